The molecule has 2 aromatic carbocycles. The van der Waals surface area contributed by atoms with Crippen molar-refractivity contribution in [1.82, 2.24) is 15.2 Å². The first-order chi connectivity index (χ1) is 15.1. The highest BCUT2D eigenvalue weighted by atomic mass is 35.5. The Morgan fingerprint density at radius 2 is 1.84 bits per heavy atom. The summed E-state index contributed by atoms with van der Waals surface area (Å²) in [5, 5.41) is 18.5. The number of carboxylic acid groups (broad SMARTS) is 1. The molecular formula is C25H24ClN3O3. The van der Waals surface area contributed by atoms with Crippen molar-refractivity contribution in [2.45, 2.75) is 39.4 Å². The average molecular weight is 450 g/mol. The third-order valence-corrected chi connectivity index (χ3v) is 5.36. The van der Waals surface area contributed by atoms with E-state index in [1.807, 2.05) is 64.1 Å². The number of aliphatic carboxylic acids is 1. The number of aryl methyl sites for hydroxylation is 1. The number of benzene rings is 2. The number of hydrogen-bond donors (Lipinski definition) is 2. The van der Waals surface area contributed by atoms with Crippen molar-refractivity contribution in [2.24, 2.45) is 0 Å². The standard InChI is InChI=1S/C25H24ClN3O3/c1-14-13-20-17(9-10-18(28-20)19-11-12-27-29-19)22(15-5-7-16(26)8-6-15)21(14)23(24(30)31)32-25(2,3)4/h5-13,23H,1-4H3,(H,27,29)(H,30,31). The Bertz CT molecular complexity index is 1280. The highest BCUT2D eigenvalue weighted by Crippen LogP contribution is 2.40. The molecule has 0 amide bonds. The van der Waals surface area contributed by atoms with Gasteiger partial charge in [-0.05, 0) is 80.8 Å². The molecule has 6 nitrogen and oxygen atoms in total. The molecule has 0 bridgehead atoms. The van der Waals surface area contributed by atoms with Gasteiger partial charge in [0.1, 0.15) is 0 Å². The number of carbonyl (C=O) groups is 1. The first-order valence-electron chi connectivity index (χ1n) is 10.2. The zero-order chi connectivity index (χ0) is 23.0. The number of hydrogen-bond acceptors (Lipinski definition) is 4. The Balaban J connectivity index is 2.03. The van der Waals surface area contributed by atoms with Crippen LogP contribution in [0.1, 0.15) is 38.0 Å². The van der Waals surface area contributed by atoms with Crippen molar-refractivity contribution in [2.75, 3.05) is 0 Å². The fourth-order valence-electron chi connectivity index (χ4n) is 3.82. The van der Waals surface area contributed by atoms with Gasteiger partial charge in [-0.1, -0.05) is 23.7 Å². The second-order valence-electron chi connectivity index (χ2n) is 8.67. The highest BCUT2D eigenvalue weighted by Gasteiger charge is 2.31. The van der Waals surface area contributed by atoms with Crippen LogP contribution in [0.2, 0.25) is 5.02 Å². The van der Waals surface area contributed by atoms with Gasteiger partial charge in [0.05, 0.1) is 22.5 Å². The highest BCUT2D eigenvalue weighted by molar-refractivity contribution is 6.30. The normalized spacial score (nSPS) is 12.8. The van der Waals surface area contributed by atoms with Gasteiger partial charge >= 0.3 is 5.97 Å². The van der Waals surface area contributed by atoms with Crippen molar-refractivity contribution < 1.29 is 14.6 Å². The van der Waals surface area contributed by atoms with Gasteiger partial charge in [0.15, 0.2) is 6.10 Å². The Hall–Kier alpha value is -3.22. The molecule has 164 valence electrons. The van der Waals surface area contributed by atoms with Crippen LogP contribution >= 0.6 is 11.6 Å². The van der Waals surface area contributed by atoms with Crippen LogP contribution in [0.15, 0.2) is 54.7 Å². The van der Waals surface area contributed by atoms with Gasteiger partial charge in [0, 0.05) is 22.2 Å². The number of fused-ring (bicyclic) bond motifs is 1. The molecule has 0 aliphatic carbocycles. The zero-order valence-corrected chi connectivity index (χ0v) is 19.1. The largest absolute Gasteiger partial charge is 0.479 e. The van der Waals surface area contributed by atoms with E-state index in [4.69, 9.17) is 21.3 Å². The lowest BCUT2D eigenvalue weighted by Crippen LogP contribution is -2.28. The number of pyridine rings is 1. The molecule has 0 spiro atoms. The van der Waals surface area contributed by atoms with E-state index in [9.17, 15) is 9.90 Å². The molecule has 0 saturated heterocycles. The number of rotatable bonds is 5. The maximum absolute atomic E-state index is 12.3. The van der Waals surface area contributed by atoms with Crippen molar-refractivity contribution in [3.63, 3.8) is 0 Å². The first kappa shape index (κ1) is 22.0. The molecule has 7 heteroatoms. The van der Waals surface area contributed by atoms with Crippen LogP contribution in [-0.2, 0) is 9.53 Å². The number of nitrogens with one attached hydrogen (secondary N) is 1. The van der Waals surface area contributed by atoms with Gasteiger partial charge in [-0.25, -0.2) is 9.78 Å². The van der Waals surface area contributed by atoms with Gasteiger partial charge < -0.3 is 9.84 Å². The molecule has 4 rings (SSSR count). The Kier molecular flexibility index (Phi) is 5.75. The molecule has 1 atom stereocenters. The van der Waals surface area contributed by atoms with E-state index in [0.29, 0.717) is 10.6 Å². The lowest BCUT2D eigenvalue weighted by molar-refractivity contribution is -0.160. The number of halogens is 1. The molecule has 2 heterocycles. The fourth-order valence-corrected chi connectivity index (χ4v) is 3.95. The second kappa shape index (κ2) is 8.37. The van der Waals surface area contributed by atoms with Crippen molar-refractivity contribution in [1.29, 1.82) is 0 Å². The van der Waals surface area contributed by atoms with Crippen LogP contribution < -0.4 is 0 Å². The minimum Gasteiger partial charge on any atom is -0.479 e. The third-order valence-electron chi connectivity index (χ3n) is 5.11. The van der Waals surface area contributed by atoms with Gasteiger partial charge in [-0.2, -0.15) is 5.10 Å². The van der Waals surface area contributed by atoms with E-state index < -0.39 is 17.7 Å². The van der Waals surface area contributed by atoms with Crippen LogP contribution in [0.3, 0.4) is 0 Å². The zero-order valence-electron chi connectivity index (χ0n) is 18.3. The molecule has 2 N–H and O–H groups in total. The summed E-state index contributed by atoms with van der Waals surface area (Å²) in [7, 11) is 0. The van der Waals surface area contributed by atoms with E-state index in [0.717, 1.165) is 39.0 Å². The maximum atomic E-state index is 12.3. The Morgan fingerprint density at radius 1 is 1.12 bits per heavy atom. The number of aromatic amines is 1. The van der Waals surface area contributed by atoms with E-state index in [-0.39, 0.29) is 0 Å². The number of nitrogens with zero attached hydrogens (tertiary/aromatic N) is 2. The second-order valence-corrected chi connectivity index (χ2v) is 9.11. The van der Waals surface area contributed by atoms with Crippen LogP contribution in [-0.4, -0.2) is 31.9 Å². The smallest absolute Gasteiger partial charge is 0.337 e. The van der Waals surface area contributed by atoms with Gasteiger partial charge in [-0.3, -0.25) is 5.10 Å². The molecule has 32 heavy (non-hydrogen) atoms. The summed E-state index contributed by atoms with van der Waals surface area (Å²) in [4.78, 5) is 17.2. The number of carboxylic acids is 1. The fraction of sp³-hybridized carbons (Fsp3) is 0.240. The molecule has 0 saturated carbocycles. The molecular weight excluding hydrogens is 426 g/mol. The van der Waals surface area contributed by atoms with Crippen molar-refractivity contribution >= 4 is 28.5 Å². The molecule has 0 radical (unpaired) electrons. The molecule has 4 aromatic rings. The summed E-state index contributed by atoms with van der Waals surface area (Å²) in [6.07, 6.45) is 0.535. The molecule has 0 fully saturated rings. The predicted molar refractivity (Wildman–Crippen MR) is 126 cm³/mol. The summed E-state index contributed by atoms with van der Waals surface area (Å²) in [5.74, 6) is -1.04. The summed E-state index contributed by atoms with van der Waals surface area (Å²) in [6, 6.07) is 15.0. The number of H-pyrrole nitrogens is 1. The summed E-state index contributed by atoms with van der Waals surface area (Å²) >= 11 is 6.13. The number of ether oxygens (including phenoxy) is 1. The van der Waals surface area contributed by atoms with Crippen LogP contribution in [0.5, 0.6) is 0 Å². The third kappa shape index (κ3) is 4.38. The lowest BCUT2D eigenvalue weighted by Gasteiger charge is -2.28. The summed E-state index contributed by atoms with van der Waals surface area (Å²) in [5.41, 5.74) is 4.68. The maximum Gasteiger partial charge on any atom is 0.337 e. The minimum absolute atomic E-state index is 0.604. The van der Waals surface area contributed by atoms with Crippen molar-refractivity contribution in [3.05, 3.63) is 70.9 Å². The summed E-state index contributed by atoms with van der Waals surface area (Å²) in [6.45, 7) is 7.43. The average Bonchev–Trinajstić information content (AvgIpc) is 3.26. The quantitative estimate of drug-likeness (QED) is 0.379. The number of aromatic nitrogens is 3. The van der Waals surface area contributed by atoms with E-state index in [2.05, 4.69) is 10.2 Å². The van der Waals surface area contributed by atoms with Gasteiger partial charge in [0.25, 0.3) is 0 Å². The monoisotopic (exact) mass is 449 g/mol. The molecule has 2 aromatic heterocycles. The summed E-state index contributed by atoms with van der Waals surface area (Å²) < 4.78 is 6.02. The van der Waals surface area contributed by atoms with Gasteiger partial charge in [-0.15, -0.1) is 0 Å². The van der Waals surface area contributed by atoms with E-state index >= 15 is 0 Å². The van der Waals surface area contributed by atoms with Crippen molar-refractivity contribution in [3.8, 4) is 22.5 Å². The SMILES string of the molecule is Cc1cc2nc(-c3ccn[nH]3)ccc2c(-c2ccc(Cl)cc2)c1C(OC(C)(C)C)C(=O)O. The Morgan fingerprint density at radius 3 is 2.44 bits per heavy atom. The van der Waals surface area contributed by atoms with E-state index in [1.165, 1.54) is 0 Å². The first-order valence-corrected chi connectivity index (χ1v) is 10.6. The topological polar surface area (TPSA) is 88.1 Å². The van der Waals surface area contributed by atoms with E-state index in [1.54, 1.807) is 18.3 Å². The predicted octanol–water partition coefficient (Wildman–Crippen LogP) is 6.19. The molecule has 1 unspecified atom stereocenters. The minimum atomic E-state index is -1.14. The lowest BCUT2D eigenvalue weighted by atomic mass is 9.88. The molecule has 0 aliphatic rings. The van der Waals surface area contributed by atoms with Crippen LogP contribution in [0.4, 0.5) is 0 Å². The van der Waals surface area contributed by atoms with Crippen LogP contribution in [0.25, 0.3) is 33.4 Å². The van der Waals surface area contributed by atoms with Crippen LogP contribution in [0, 0.1) is 6.92 Å². The van der Waals surface area contributed by atoms with Gasteiger partial charge in [0.2, 0.25) is 0 Å². The Labute approximate surface area is 191 Å². The molecule has 0 aliphatic heterocycles.